The number of para-hydroxylation sites is 3. The highest BCUT2D eigenvalue weighted by molar-refractivity contribution is 6.07. The van der Waals surface area contributed by atoms with E-state index in [-0.39, 0.29) is 5.41 Å². The molecule has 1 heteroatoms. The summed E-state index contributed by atoms with van der Waals surface area (Å²) in [6.45, 7) is 4.75. The van der Waals surface area contributed by atoms with E-state index in [1.807, 2.05) is 0 Å². The summed E-state index contributed by atoms with van der Waals surface area (Å²) in [6.07, 6.45) is 6.47. The maximum atomic E-state index is 2.58. The Hall–Kier alpha value is -6.70. The van der Waals surface area contributed by atoms with E-state index in [1.165, 1.54) is 115 Å². The van der Waals surface area contributed by atoms with E-state index in [2.05, 4.69) is 213 Å². The van der Waals surface area contributed by atoms with Crippen LogP contribution in [-0.2, 0) is 5.41 Å². The molecular formula is C59H49N. The van der Waals surface area contributed by atoms with Crippen molar-refractivity contribution in [1.82, 2.24) is 0 Å². The van der Waals surface area contributed by atoms with Crippen molar-refractivity contribution in [3.63, 3.8) is 0 Å². The fourth-order valence-electron chi connectivity index (χ4n) is 10.9. The number of nitrogens with zero attached hydrogens (tertiary/aromatic N) is 1. The predicted molar refractivity (Wildman–Crippen MR) is 256 cm³/mol. The summed E-state index contributed by atoms with van der Waals surface area (Å²) in [5.74, 6) is 0.576. The Morgan fingerprint density at radius 2 is 0.850 bits per heavy atom. The Morgan fingerprint density at radius 1 is 0.383 bits per heavy atom. The first-order chi connectivity index (χ1) is 29.6. The van der Waals surface area contributed by atoms with Crippen LogP contribution in [0.5, 0.6) is 0 Å². The minimum atomic E-state index is -0.103. The van der Waals surface area contributed by atoms with Gasteiger partial charge in [0.25, 0.3) is 0 Å². The number of hydrogen-bond donors (Lipinski definition) is 0. The third-order valence-corrected chi connectivity index (χ3v) is 13.7. The molecule has 0 aliphatic heterocycles. The van der Waals surface area contributed by atoms with Gasteiger partial charge in [-0.25, -0.2) is 0 Å². The predicted octanol–water partition coefficient (Wildman–Crippen LogP) is 16.8. The van der Waals surface area contributed by atoms with E-state index in [1.54, 1.807) is 0 Å². The molecule has 9 aromatic carbocycles. The third kappa shape index (κ3) is 5.90. The maximum absolute atomic E-state index is 2.58. The Balaban J connectivity index is 1.21. The molecule has 11 rings (SSSR count). The zero-order chi connectivity index (χ0) is 40.2. The highest BCUT2D eigenvalue weighted by Gasteiger charge is 2.37. The molecule has 0 N–H and O–H groups in total. The van der Waals surface area contributed by atoms with E-state index < -0.39 is 0 Å². The fraction of sp³-hybridized carbons (Fsp3) is 0.153. The summed E-state index contributed by atoms with van der Waals surface area (Å²) >= 11 is 0. The molecule has 0 bridgehead atoms. The van der Waals surface area contributed by atoms with Crippen LogP contribution in [0, 0.1) is 0 Å². The molecule has 2 aliphatic rings. The second-order valence-corrected chi connectivity index (χ2v) is 17.4. The lowest BCUT2D eigenvalue weighted by molar-refractivity contribution is 0.445. The molecule has 1 fully saturated rings. The van der Waals surface area contributed by atoms with Crippen molar-refractivity contribution in [2.75, 3.05) is 4.90 Å². The van der Waals surface area contributed by atoms with Gasteiger partial charge in [-0.1, -0.05) is 209 Å². The van der Waals surface area contributed by atoms with Gasteiger partial charge in [-0.2, -0.15) is 0 Å². The first-order valence-electron chi connectivity index (χ1n) is 21.9. The topological polar surface area (TPSA) is 3.24 Å². The van der Waals surface area contributed by atoms with Crippen LogP contribution in [0.2, 0.25) is 0 Å². The molecule has 0 amide bonds. The summed E-state index contributed by atoms with van der Waals surface area (Å²) < 4.78 is 0. The largest absolute Gasteiger partial charge is 0.309 e. The SMILES string of the molecule is CC1(C)c2ccccc2-c2c(-c3ccccc3N(c3ccccc3-c3cccc4ccccc34)c3ccccc3-c3cccc4cccc(C5CCCCC5)c34)cccc21. The van der Waals surface area contributed by atoms with Crippen molar-refractivity contribution in [3.8, 4) is 44.5 Å². The summed E-state index contributed by atoms with van der Waals surface area (Å²) in [6, 6.07) is 72.8. The molecule has 0 radical (unpaired) electrons. The van der Waals surface area contributed by atoms with Crippen molar-refractivity contribution in [1.29, 1.82) is 0 Å². The van der Waals surface area contributed by atoms with E-state index >= 15 is 0 Å². The van der Waals surface area contributed by atoms with Gasteiger partial charge >= 0.3 is 0 Å². The molecule has 290 valence electrons. The van der Waals surface area contributed by atoms with Crippen LogP contribution in [0.1, 0.15) is 68.6 Å². The number of rotatable bonds is 7. The van der Waals surface area contributed by atoms with Crippen molar-refractivity contribution in [2.45, 2.75) is 57.3 Å². The van der Waals surface area contributed by atoms with E-state index in [0.717, 1.165) is 17.1 Å². The Kier molecular flexibility index (Phi) is 9.00. The molecule has 0 spiro atoms. The first kappa shape index (κ1) is 36.4. The first-order valence-corrected chi connectivity index (χ1v) is 21.9. The normalized spacial score (nSPS) is 14.6. The number of benzene rings is 9. The van der Waals surface area contributed by atoms with Gasteiger partial charge in [-0.3, -0.25) is 0 Å². The van der Waals surface area contributed by atoms with Gasteiger partial charge in [0.2, 0.25) is 0 Å². The Morgan fingerprint density at radius 3 is 1.57 bits per heavy atom. The van der Waals surface area contributed by atoms with Gasteiger partial charge in [-0.15, -0.1) is 0 Å². The molecule has 0 heterocycles. The van der Waals surface area contributed by atoms with Gasteiger partial charge < -0.3 is 4.90 Å². The molecule has 9 aromatic rings. The van der Waals surface area contributed by atoms with Crippen molar-refractivity contribution in [2.24, 2.45) is 0 Å². The third-order valence-electron chi connectivity index (χ3n) is 13.7. The molecule has 2 aliphatic carbocycles. The summed E-state index contributed by atoms with van der Waals surface area (Å²) in [4.78, 5) is 2.58. The lowest BCUT2D eigenvalue weighted by Gasteiger charge is -2.32. The monoisotopic (exact) mass is 771 g/mol. The smallest absolute Gasteiger partial charge is 0.0540 e. The molecule has 0 atom stereocenters. The summed E-state index contributed by atoms with van der Waals surface area (Å²) in [5.41, 5.74) is 17.7. The standard InChI is InChI=1S/C59H49N/c1-59(2)52-35-12-8-30-51(52)58-50(34-19-36-53(58)59)48-29-11-15-39-56(48)60(54-37-13-9-27-46(54)45-32-16-23-40-22-6-7-26-43(40)45)55-38-14-10-28-47(55)49-33-18-25-42-24-17-31-44(57(42)49)41-20-4-3-5-21-41/h6-19,22-39,41H,3-5,20-21H2,1-2H3. The average molecular weight is 772 g/mol. The number of anilines is 3. The van der Waals surface area contributed by atoms with Crippen LogP contribution < -0.4 is 4.90 Å². The quantitative estimate of drug-likeness (QED) is 0.156. The maximum Gasteiger partial charge on any atom is 0.0540 e. The van der Waals surface area contributed by atoms with Crippen LogP contribution in [-0.4, -0.2) is 0 Å². The summed E-state index contributed by atoms with van der Waals surface area (Å²) in [5, 5.41) is 5.20. The fourth-order valence-corrected chi connectivity index (χ4v) is 10.9. The highest BCUT2D eigenvalue weighted by Crippen LogP contribution is 2.55. The Labute approximate surface area is 354 Å². The van der Waals surface area contributed by atoms with Gasteiger partial charge in [0.1, 0.15) is 0 Å². The highest BCUT2D eigenvalue weighted by atomic mass is 15.1. The zero-order valence-electron chi connectivity index (χ0n) is 34.5. The van der Waals surface area contributed by atoms with Crippen molar-refractivity contribution >= 4 is 38.6 Å². The second-order valence-electron chi connectivity index (χ2n) is 17.4. The van der Waals surface area contributed by atoms with Crippen LogP contribution in [0.15, 0.2) is 194 Å². The molecule has 0 unspecified atom stereocenters. The lowest BCUT2D eigenvalue weighted by Crippen LogP contribution is -2.15. The molecule has 1 nitrogen and oxygen atoms in total. The molecular weight excluding hydrogens is 723 g/mol. The minimum Gasteiger partial charge on any atom is -0.309 e. The summed E-state index contributed by atoms with van der Waals surface area (Å²) in [7, 11) is 0. The van der Waals surface area contributed by atoms with Crippen LogP contribution in [0.25, 0.3) is 66.1 Å². The van der Waals surface area contributed by atoms with Crippen LogP contribution in [0.3, 0.4) is 0 Å². The van der Waals surface area contributed by atoms with E-state index in [9.17, 15) is 0 Å². The Bertz CT molecular complexity index is 3060. The average Bonchev–Trinajstić information content (AvgIpc) is 3.55. The van der Waals surface area contributed by atoms with Crippen molar-refractivity contribution < 1.29 is 0 Å². The van der Waals surface area contributed by atoms with E-state index in [0.29, 0.717) is 5.92 Å². The number of hydrogen-bond acceptors (Lipinski definition) is 1. The van der Waals surface area contributed by atoms with Crippen LogP contribution >= 0.6 is 0 Å². The van der Waals surface area contributed by atoms with Crippen molar-refractivity contribution in [3.05, 3.63) is 211 Å². The van der Waals surface area contributed by atoms with Gasteiger partial charge in [0.05, 0.1) is 17.1 Å². The minimum absolute atomic E-state index is 0.103. The molecule has 0 saturated heterocycles. The van der Waals surface area contributed by atoms with E-state index in [4.69, 9.17) is 0 Å². The lowest BCUT2D eigenvalue weighted by atomic mass is 9.80. The van der Waals surface area contributed by atoms with Gasteiger partial charge in [-0.05, 0) is 103 Å². The molecule has 0 aromatic heterocycles. The van der Waals surface area contributed by atoms with Crippen LogP contribution in [0.4, 0.5) is 17.1 Å². The van der Waals surface area contributed by atoms with Gasteiger partial charge in [0, 0.05) is 22.1 Å². The second kappa shape index (κ2) is 14.8. The molecule has 1 saturated carbocycles. The zero-order valence-corrected chi connectivity index (χ0v) is 34.5. The molecule has 60 heavy (non-hydrogen) atoms. The van der Waals surface area contributed by atoms with Gasteiger partial charge in [0.15, 0.2) is 0 Å². The number of fused-ring (bicyclic) bond motifs is 5.